The van der Waals surface area contributed by atoms with Crippen molar-refractivity contribution in [1.29, 1.82) is 5.26 Å². The van der Waals surface area contributed by atoms with Crippen LogP contribution in [0, 0.1) is 25.2 Å². The molecule has 1 aromatic carbocycles. The summed E-state index contributed by atoms with van der Waals surface area (Å²) in [7, 11) is 0. The second-order valence-electron chi connectivity index (χ2n) is 4.25. The molecule has 0 N–H and O–H groups in total. The quantitative estimate of drug-likeness (QED) is 0.844. The van der Waals surface area contributed by atoms with Crippen LogP contribution in [0.3, 0.4) is 0 Å². The first-order chi connectivity index (χ1) is 9.11. The molecule has 0 amide bonds. The summed E-state index contributed by atoms with van der Waals surface area (Å²) < 4.78 is 7.20. The maximum absolute atomic E-state index is 11.4. The van der Waals surface area contributed by atoms with Crippen molar-refractivity contribution in [3.05, 3.63) is 58.0 Å². The molecular weight excluding hydrogens is 240 g/mol. The smallest absolute Gasteiger partial charge is 0.182 e. The van der Waals surface area contributed by atoms with E-state index in [2.05, 4.69) is 0 Å². The summed E-state index contributed by atoms with van der Waals surface area (Å²) in [6.45, 7) is 3.83. The topological polar surface area (TPSA) is 55.0 Å². The van der Waals surface area contributed by atoms with Crippen LogP contribution in [-0.4, -0.2) is 11.2 Å². The maximum atomic E-state index is 11.4. The van der Waals surface area contributed by atoms with Gasteiger partial charge in [0.1, 0.15) is 11.8 Å². The second kappa shape index (κ2) is 5.40. The van der Waals surface area contributed by atoms with Gasteiger partial charge in [0.05, 0.1) is 0 Å². The molecule has 0 aliphatic heterocycles. The van der Waals surface area contributed by atoms with E-state index < -0.39 is 0 Å². The van der Waals surface area contributed by atoms with Crippen LogP contribution in [0.15, 0.2) is 41.2 Å². The molecule has 0 unspecified atom stereocenters. The number of nitrogens with zero attached hydrogens (tertiary/aromatic N) is 2. The summed E-state index contributed by atoms with van der Waals surface area (Å²) in [5.41, 5.74) is 2.74. The van der Waals surface area contributed by atoms with Crippen LogP contribution in [0.5, 0.6) is 5.75 Å². The lowest BCUT2D eigenvalue weighted by molar-refractivity contribution is 0.368. The highest BCUT2D eigenvalue weighted by Gasteiger charge is 2.04. The zero-order chi connectivity index (χ0) is 13.8. The van der Waals surface area contributed by atoms with Gasteiger partial charge in [-0.2, -0.15) is 5.26 Å². The Labute approximate surface area is 111 Å². The van der Waals surface area contributed by atoms with Gasteiger partial charge in [-0.1, -0.05) is 0 Å². The second-order valence-corrected chi connectivity index (χ2v) is 4.25. The first kappa shape index (κ1) is 12.9. The van der Waals surface area contributed by atoms with Crippen molar-refractivity contribution in [2.24, 2.45) is 0 Å². The molecule has 0 fully saturated rings. The van der Waals surface area contributed by atoms with E-state index in [0.29, 0.717) is 5.75 Å². The van der Waals surface area contributed by atoms with Gasteiger partial charge in [0.25, 0.3) is 0 Å². The average molecular weight is 254 g/mol. The molecule has 1 heterocycles. The minimum Gasteiger partial charge on any atom is -0.479 e. The summed E-state index contributed by atoms with van der Waals surface area (Å²) in [5.74, 6) is 0.654. The number of hydrogen-bond donors (Lipinski definition) is 0. The van der Waals surface area contributed by atoms with Gasteiger partial charge in [0.2, 0.25) is 0 Å². The van der Waals surface area contributed by atoms with Crippen LogP contribution in [0.1, 0.15) is 11.4 Å². The Morgan fingerprint density at radius 2 is 1.74 bits per heavy atom. The SMILES string of the molecule is Cc1cc(=O)cc(C)n1-c1ccc(OCC#N)cc1. The van der Waals surface area contributed by atoms with Crippen molar-refractivity contribution < 1.29 is 4.74 Å². The van der Waals surface area contributed by atoms with E-state index in [0.717, 1.165) is 17.1 Å². The van der Waals surface area contributed by atoms with Crippen molar-refractivity contribution in [1.82, 2.24) is 4.57 Å². The third kappa shape index (κ3) is 2.83. The molecule has 2 rings (SSSR count). The number of nitriles is 1. The number of rotatable bonds is 3. The van der Waals surface area contributed by atoms with Gasteiger partial charge in [0.15, 0.2) is 12.0 Å². The summed E-state index contributed by atoms with van der Waals surface area (Å²) in [5, 5.41) is 8.45. The Kier molecular flexibility index (Phi) is 3.67. The molecular formula is C15H14N2O2. The number of aromatic nitrogens is 1. The van der Waals surface area contributed by atoms with Gasteiger partial charge < -0.3 is 9.30 Å². The molecule has 0 bridgehead atoms. The number of ether oxygens (including phenoxy) is 1. The maximum Gasteiger partial charge on any atom is 0.182 e. The highest BCUT2D eigenvalue weighted by Crippen LogP contribution is 2.17. The Bertz CT molecular complexity index is 653. The normalized spacial score (nSPS) is 9.95. The van der Waals surface area contributed by atoms with E-state index in [9.17, 15) is 4.79 Å². The number of aryl methyl sites for hydroxylation is 2. The summed E-state index contributed by atoms with van der Waals surface area (Å²) in [6.07, 6.45) is 0. The fraction of sp³-hybridized carbons (Fsp3) is 0.200. The number of benzene rings is 1. The Hall–Kier alpha value is -2.54. The Morgan fingerprint density at radius 3 is 2.26 bits per heavy atom. The van der Waals surface area contributed by atoms with Crippen LogP contribution in [0.2, 0.25) is 0 Å². The standard InChI is InChI=1S/C15H14N2O2/c1-11-9-14(18)10-12(2)17(11)13-3-5-15(6-4-13)19-8-7-16/h3-6,9-10H,8H2,1-2H3. The Balaban J connectivity index is 2.38. The van der Waals surface area contributed by atoms with Crippen molar-refractivity contribution in [2.45, 2.75) is 13.8 Å². The third-order valence-corrected chi connectivity index (χ3v) is 2.81. The van der Waals surface area contributed by atoms with Crippen LogP contribution >= 0.6 is 0 Å². The molecule has 1 aromatic heterocycles. The van der Waals surface area contributed by atoms with E-state index in [1.165, 1.54) is 0 Å². The molecule has 0 saturated carbocycles. The first-order valence-corrected chi connectivity index (χ1v) is 5.92. The third-order valence-electron chi connectivity index (χ3n) is 2.81. The van der Waals surface area contributed by atoms with Crippen LogP contribution in [0.25, 0.3) is 5.69 Å². The average Bonchev–Trinajstić information content (AvgIpc) is 2.36. The zero-order valence-electron chi connectivity index (χ0n) is 10.9. The van der Waals surface area contributed by atoms with Gasteiger partial charge in [-0.3, -0.25) is 4.79 Å². The largest absolute Gasteiger partial charge is 0.479 e. The van der Waals surface area contributed by atoms with Crippen molar-refractivity contribution in [3.8, 4) is 17.5 Å². The monoisotopic (exact) mass is 254 g/mol. The van der Waals surface area contributed by atoms with Crippen LogP contribution in [-0.2, 0) is 0 Å². The van der Waals surface area contributed by atoms with E-state index in [1.807, 2.05) is 48.7 Å². The Morgan fingerprint density at radius 1 is 1.16 bits per heavy atom. The predicted octanol–water partition coefficient (Wildman–Crippen LogP) is 2.36. The van der Waals surface area contributed by atoms with Gasteiger partial charge in [-0.25, -0.2) is 0 Å². The number of hydrogen-bond acceptors (Lipinski definition) is 3. The predicted molar refractivity (Wildman–Crippen MR) is 72.6 cm³/mol. The lowest BCUT2D eigenvalue weighted by Crippen LogP contribution is -2.11. The van der Waals surface area contributed by atoms with E-state index >= 15 is 0 Å². The molecule has 4 nitrogen and oxygen atoms in total. The summed E-state index contributed by atoms with van der Waals surface area (Å²) in [6, 6.07) is 12.6. The lowest BCUT2D eigenvalue weighted by Gasteiger charge is -2.14. The zero-order valence-corrected chi connectivity index (χ0v) is 10.9. The molecule has 0 saturated heterocycles. The molecule has 96 valence electrons. The minimum absolute atomic E-state index is 0.0141. The van der Waals surface area contributed by atoms with Crippen molar-refractivity contribution >= 4 is 0 Å². The van der Waals surface area contributed by atoms with E-state index in [-0.39, 0.29) is 12.0 Å². The molecule has 2 aromatic rings. The highest BCUT2D eigenvalue weighted by atomic mass is 16.5. The molecule has 0 aliphatic carbocycles. The fourth-order valence-electron chi connectivity index (χ4n) is 2.08. The van der Waals surface area contributed by atoms with Gasteiger partial charge in [0, 0.05) is 29.2 Å². The highest BCUT2D eigenvalue weighted by molar-refractivity contribution is 5.40. The molecule has 4 heteroatoms. The van der Waals surface area contributed by atoms with Crippen molar-refractivity contribution in [2.75, 3.05) is 6.61 Å². The van der Waals surface area contributed by atoms with Crippen LogP contribution < -0.4 is 10.2 Å². The molecule has 0 atom stereocenters. The molecule has 19 heavy (non-hydrogen) atoms. The van der Waals surface area contributed by atoms with Gasteiger partial charge in [-0.15, -0.1) is 0 Å². The first-order valence-electron chi connectivity index (χ1n) is 5.92. The van der Waals surface area contributed by atoms with E-state index in [1.54, 1.807) is 12.1 Å². The summed E-state index contributed by atoms with van der Waals surface area (Å²) >= 11 is 0. The fourth-order valence-corrected chi connectivity index (χ4v) is 2.08. The summed E-state index contributed by atoms with van der Waals surface area (Å²) in [4.78, 5) is 11.4. The lowest BCUT2D eigenvalue weighted by atomic mass is 10.2. The minimum atomic E-state index is 0.0141. The van der Waals surface area contributed by atoms with E-state index in [4.69, 9.17) is 10.00 Å². The van der Waals surface area contributed by atoms with Gasteiger partial charge in [-0.05, 0) is 38.1 Å². The number of pyridine rings is 1. The van der Waals surface area contributed by atoms with Crippen LogP contribution in [0.4, 0.5) is 0 Å². The molecule has 0 radical (unpaired) electrons. The molecule has 0 spiro atoms. The van der Waals surface area contributed by atoms with Gasteiger partial charge >= 0.3 is 0 Å². The van der Waals surface area contributed by atoms with Crippen molar-refractivity contribution in [3.63, 3.8) is 0 Å². The molecule has 0 aliphatic rings.